The lowest BCUT2D eigenvalue weighted by Crippen LogP contribution is -2.51. The van der Waals surface area contributed by atoms with Gasteiger partial charge in [-0.25, -0.2) is 11.4 Å². The molecule has 4 rings (SSSR count). The van der Waals surface area contributed by atoms with Crippen LogP contribution in [0.5, 0.6) is 0 Å². The Morgan fingerprint density at radius 2 is 1.97 bits per heavy atom. The number of rotatable bonds is 5. The zero-order valence-electron chi connectivity index (χ0n) is 20.3. The molecule has 1 saturated heterocycles. The maximum atomic E-state index is 14.0. The molecule has 3 atom stereocenters. The number of likely N-dealkylation sites (tertiary alicyclic amines) is 1. The van der Waals surface area contributed by atoms with Crippen LogP contribution < -0.4 is 5.32 Å². The SMILES string of the molecule is [C-]#[N+]c1cc(Cl)cc(C(=O)N(C)[C@@H](CC(C)C)C(=O)N2C[C@]3(C[C@H]2[N+]#[C-])C(=O)Nc2ccccc23)c1. The fraction of sp³-hybridized carbons (Fsp3) is 0.370. The highest BCUT2D eigenvalue weighted by atomic mass is 35.5. The molecule has 0 unspecified atom stereocenters. The molecule has 0 radical (unpaired) electrons. The van der Waals surface area contributed by atoms with E-state index in [-0.39, 0.29) is 47.0 Å². The van der Waals surface area contributed by atoms with Crippen molar-refractivity contribution in [3.05, 3.63) is 81.4 Å². The van der Waals surface area contributed by atoms with E-state index < -0.39 is 23.5 Å². The van der Waals surface area contributed by atoms with Crippen LogP contribution in [0.3, 0.4) is 0 Å². The minimum atomic E-state index is -0.996. The Morgan fingerprint density at radius 3 is 2.64 bits per heavy atom. The number of hydrogen-bond acceptors (Lipinski definition) is 3. The summed E-state index contributed by atoms with van der Waals surface area (Å²) in [5, 5.41) is 3.15. The minimum absolute atomic E-state index is 0.0669. The molecular weight excluding hydrogens is 478 g/mol. The van der Waals surface area contributed by atoms with E-state index in [9.17, 15) is 14.4 Å². The number of nitrogens with zero attached hydrogens (tertiary/aromatic N) is 4. The van der Waals surface area contributed by atoms with Crippen LogP contribution in [0, 0.1) is 19.1 Å². The highest BCUT2D eigenvalue weighted by Crippen LogP contribution is 2.47. The number of fused-ring (bicyclic) bond motifs is 2. The standard InChI is InChI=1S/C27H26ClN5O3/c1-16(2)10-22(32(5)24(34)17-11-18(28)13-19(12-17)29-3)25(35)33-15-27(14-23(33)30-4)20-8-6-7-9-21(20)31-26(27)36/h6-9,11-13,16,22-23H,10,14-15H2,1-2,5H3,(H,31,36)/t22-,23-,27-/m0/s1. The smallest absolute Gasteiger partial charge is 0.302 e. The van der Waals surface area contributed by atoms with Gasteiger partial charge in [-0.15, -0.1) is 0 Å². The molecule has 2 aliphatic heterocycles. The summed E-state index contributed by atoms with van der Waals surface area (Å²) in [6.07, 6.45) is -0.263. The molecule has 1 N–H and O–H groups in total. The first-order valence-corrected chi connectivity index (χ1v) is 12.0. The van der Waals surface area contributed by atoms with Gasteiger partial charge in [0.05, 0.1) is 13.0 Å². The highest BCUT2D eigenvalue weighted by Gasteiger charge is 2.59. The van der Waals surface area contributed by atoms with Crippen molar-refractivity contribution in [2.24, 2.45) is 5.92 Å². The number of para-hydroxylation sites is 1. The molecule has 9 heteroatoms. The Kier molecular flexibility index (Phi) is 6.75. The van der Waals surface area contributed by atoms with Gasteiger partial charge in [0.2, 0.25) is 5.91 Å². The summed E-state index contributed by atoms with van der Waals surface area (Å²) in [5.41, 5.74) is 0.925. The first-order valence-electron chi connectivity index (χ1n) is 11.6. The predicted molar refractivity (Wildman–Crippen MR) is 137 cm³/mol. The molecule has 2 aromatic carbocycles. The summed E-state index contributed by atoms with van der Waals surface area (Å²) in [5.74, 6) is -0.963. The molecule has 36 heavy (non-hydrogen) atoms. The summed E-state index contributed by atoms with van der Waals surface area (Å²) < 4.78 is 0. The van der Waals surface area contributed by atoms with E-state index in [1.54, 1.807) is 7.05 Å². The number of benzene rings is 2. The topological polar surface area (TPSA) is 78.4 Å². The molecule has 3 amide bonds. The molecular formula is C27H26ClN5O3. The molecule has 0 bridgehead atoms. The summed E-state index contributed by atoms with van der Waals surface area (Å²) in [6.45, 7) is 19.0. The second-order valence-corrected chi connectivity index (χ2v) is 10.2. The Bertz CT molecular complexity index is 1330. The third-order valence-electron chi connectivity index (χ3n) is 6.91. The van der Waals surface area contributed by atoms with Crippen molar-refractivity contribution < 1.29 is 14.4 Å². The van der Waals surface area contributed by atoms with Crippen molar-refractivity contribution in [2.45, 2.75) is 44.3 Å². The van der Waals surface area contributed by atoms with Crippen LogP contribution in [0.4, 0.5) is 11.4 Å². The number of carbonyl (C=O) groups excluding carboxylic acids is 3. The van der Waals surface area contributed by atoms with Crippen LogP contribution in [0.1, 0.15) is 42.6 Å². The third kappa shape index (κ3) is 4.29. The van der Waals surface area contributed by atoms with Crippen molar-refractivity contribution in [1.29, 1.82) is 0 Å². The van der Waals surface area contributed by atoms with Crippen molar-refractivity contribution in [3.8, 4) is 0 Å². The van der Waals surface area contributed by atoms with Gasteiger partial charge >= 0.3 is 6.17 Å². The number of amides is 3. The van der Waals surface area contributed by atoms with Gasteiger partial charge in [0.25, 0.3) is 11.8 Å². The zero-order valence-corrected chi connectivity index (χ0v) is 21.0. The quantitative estimate of drug-likeness (QED) is 0.598. The molecule has 0 aliphatic carbocycles. The Morgan fingerprint density at radius 1 is 1.25 bits per heavy atom. The van der Waals surface area contributed by atoms with Crippen LogP contribution in [0.25, 0.3) is 9.69 Å². The van der Waals surface area contributed by atoms with Crippen LogP contribution >= 0.6 is 11.6 Å². The van der Waals surface area contributed by atoms with Gasteiger partial charge in [-0.2, -0.15) is 0 Å². The Labute approximate surface area is 215 Å². The molecule has 1 fully saturated rings. The van der Waals surface area contributed by atoms with E-state index in [1.807, 2.05) is 38.1 Å². The Balaban J connectivity index is 1.67. The van der Waals surface area contributed by atoms with Gasteiger partial charge in [-0.3, -0.25) is 24.1 Å². The van der Waals surface area contributed by atoms with Crippen LogP contribution in [0.2, 0.25) is 5.02 Å². The van der Waals surface area contributed by atoms with E-state index >= 15 is 0 Å². The number of likely N-dealkylation sites (N-methyl/N-ethyl adjacent to an activating group) is 1. The lowest BCUT2D eigenvalue weighted by molar-refractivity contribution is -0.136. The van der Waals surface area contributed by atoms with Crippen molar-refractivity contribution >= 4 is 40.7 Å². The third-order valence-corrected chi connectivity index (χ3v) is 7.13. The van der Waals surface area contributed by atoms with Gasteiger partial charge < -0.3 is 10.2 Å². The molecule has 2 aliphatic rings. The Hall–Kier alpha value is -3.88. The maximum Gasteiger partial charge on any atom is 0.302 e. The average Bonchev–Trinajstić information content (AvgIpc) is 3.38. The second-order valence-electron chi connectivity index (χ2n) is 9.73. The van der Waals surface area contributed by atoms with Gasteiger partial charge in [0.15, 0.2) is 5.69 Å². The average molecular weight is 504 g/mol. The number of halogens is 1. The first kappa shape index (κ1) is 25.2. The molecule has 1 spiro atoms. The summed E-state index contributed by atoms with van der Waals surface area (Å²) in [4.78, 5) is 50.3. The number of hydrogen-bond donors (Lipinski definition) is 1. The maximum absolute atomic E-state index is 14.0. The minimum Gasteiger partial charge on any atom is -0.330 e. The molecule has 0 saturated carbocycles. The highest BCUT2D eigenvalue weighted by molar-refractivity contribution is 6.31. The lowest BCUT2D eigenvalue weighted by Gasteiger charge is -2.32. The normalized spacial score (nSPS) is 21.0. The molecule has 184 valence electrons. The van der Waals surface area contributed by atoms with E-state index in [1.165, 1.54) is 28.0 Å². The van der Waals surface area contributed by atoms with Crippen LogP contribution in [-0.2, 0) is 15.0 Å². The summed E-state index contributed by atoms with van der Waals surface area (Å²) in [6, 6.07) is 10.9. The fourth-order valence-corrected chi connectivity index (χ4v) is 5.36. The van der Waals surface area contributed by atoms with Crippen LogP contribution in [-0.4, -0.2) is 53.3 Å². The van der Waals surface area contributed by atoms with E-state index in [4.69, 9.17) is 24.7 Å². The largest absolute Gasteiger partial charge is 0.330 e. The molecule has 0 aromatic heterocycles. The van der Waals surface area contributed by atoms with Gasteiger partial charge in [-0.05, 0) is 42.2 Å². The second kappa shape index (κ2) is 9.64. The van der Waals surface area contributed by atoms with E-state index in [0.717, 1.165) is 5.56 Å². The van der Waals surface area contributed by atoms with E-state index in [2.05, 4.69) is 15.0 Å². The van der Waals surface area contributed by atoms with Crippen molar-refractivity contribution in [2.75, 3.05) is 18.9 Å². The van der Waals surface area contributed by atoms with Gasteiger partial charge in [0, 0.05) is 29.9 Å². The van der Waals surface area contributed by atoms with E-state index in [0.29, 0.717) is 12.1 Å². The monoisotopic (exact) mass is 503 g/mol. The summed E-state index contributed by atoms with van der Waals surface area (Å²) in [7, 11) is 1.54. The van der Waals surface area contributed by atoms with Crippen LogP contribution in [0.15, 0.2) is 42.5 Å². The van der Waals surface area contributed by atoms with Gasteiger partial charge in [0.1, 0.15) is 11.5 Å². The first-order chi connectivity index (χ1) is 17.1. The predicted octanol–water partition coefficient (Wildman–Crippen LogP) is 4.75. The fourth-order valence-electron chi connectivity index (χ4n) is 5.13. The molecule has 2 heterocycles. The number of anilines is 1. The zero-order chi connectivity index (χ0) is 26.2. The van der Waals surface area contributed by atoms with Gasteiger partial charge in [-0.1, -0.05) is 43.6 Å². The summed E-state index contributed by atoms with van der Waals surface area (Å²) >= 11 is 6.11. The molecule has 8 nitrogen and oxygen atoms in total. The number of carbonyl (C=O) groups is 3. The van der Waals surface area contributed by atoms with Crippen molar-refractivity contribution in [3.63, 3.8) is 0 Å². The molecule has 2 aromatic rings. The van der Waals surface area contributed by atoms with Crippen molar-refractivity contribution in [1.82, 2.24) is 9.80 Å². The lowest BCUT2D eigenvalue weighted by atomic mass is 9.80. The number of nitrogens with one attached hydrogen (secondary N) is 1.